The van der Waals surface area contributed by atoms with Crippen LogP contribution >= 0.6 is 0 Å². The summed E-state index contributed by atoms with van der Waals surface area (Å²) in [7, 11) is 0. The SMILES string of the molecule is CC1(C)c2ccccc2-c2ccc(-c3ccccc3-c3c4ccccc4c(-c4ccccc4-c4ccc5c(c4)C(C)(C)c4ccccc4-5)c4c3cnc3ccccc34)cc21. The summed E-state index contributed by atoms with van der Waals surface area (Å²) in [4.78, 5) is 5.18. The molecule has 60 heavy (non-hydrogen) atoms. The van der Waals surface area contributed by atoms with Gasteiger partial charge in [0.15, 0.2) is 0 Å². The summed E-state index contributed by atoms with van der Waals surface area (Å²) >= 11 is 0. The van der Waals surface area contributed by atoms with Crippen molar-refractivity contribution in [3.05, 3.63) is 210 Å². The average molecular weight is 766 g/mol. The number of aromatic nitrogens is 1. The Morgan fingerprint density at radius 1 is 0.317 bits per heavy atom. The fourth-order valence-corrected chi connectivity index (χ4v) is 11.0. The first-order valence-corrected chi connectivity index (χ1v) is 21.2. The first-order chi connectivity index (χ1) is 29.3. The number of nitrogens with zero attached hydrogens (tertiary/aromatic N) is 1. The Balaban J connectivity index is 1.13. The van der Waals surface area contributed by atoms with E-state index in [0.29, 0.717) is 0 Å². The van der Waals surface area contributed by atoms with E-state index in [4.69, 9.17) is 4.98 Å². The zero-order valence-electron chi connectivity index (χ0n) is 34.3. The fourth-order valence-electron chi connectivity index (χ4n) is 11.0. The zero-order chi connectivity index (χ0) is 40.3. The predicted molar refractivity (Wildman–Crippen MR) is 254 cm³/mol. The van der Waals surface area contributed by atoms with Crippen LogP contribution in [-0.2, 0) is 10.8 Å². The molecular formula is C59H43N. The molecule has 2 aliphatic rings. The smallest absolute Gasteiger partial charge is 0.0708 e. The molecule has 284 valence electrons. The Hall–Kier alpha value is -7.09. The molecule has 0 saturated heterocycles. The van der Waals surface area contributed by atoms with Crippen LogP contribution in [0.1, 0.15) is 49.9 Å². The van der Waals surface area contributed by atoms with Gasteiger partial charge in [-0.25, -0.2) is 0 Å². The molecule has 10 aromatic rings. The minimum atomic E-state index is -0.0915. The van der Waals surface area contributed by atoms with Crippen molar-refractivity contribution in [1.82, 2.24) is 4.98 Å². The maximum atomic E-state index is 5.18. The van der Waals surface area contributed by atoms with E-state index in [1.807, 2.05) is 0 Å². The first-order valence-electron chi connectivity index (χ1n) is 21.2. The summed E-state index contributed by atoms with van der Waals surface area (Å²) in [5, 5.41) is 6.00. The molecule has 1 aromatic heterocycles. The lowest BCUT2D eigenvalue weighted by Crippen LogP contribution is -2.14. The van der Waals surface area contributed by atoms with Gasteiger partial charge >= 0.3 is 0 Å². The molecular weight excluding hydrogens is 723 g/mol. The molecule has 2 aliphatic carbocycles. The van der Waals surface area contributed by atoms with E-state index in [0.717, 1.165) is 16.3 Å². The van der Waals surface area contributed by atoms with Crippen molar-refractivity contribution in [3.63, 3.8) is 0 Å². The van der Waals surface area contributed by atoms with Crippen LogP contribution in [0.15, 0.2) is 188 Å². The third-order valence-electron chi connectivity index (χ3n) is 13.9. The number of fused-ring (bicyclic) bond motifs is 10. The van der Waals surface area contributed by atoms with Gasteiger partial charge in [0.05, 0.1) is 5.52 Å². The van der Waals surface area contributed by atoms with Gasteiger partial charge in [0.25, 0.3) is 0 Å². The minimum absolute atomic E-state index is 0.0906. The Morgan fingerprint density at radius 3 is 1.27 bits per heavy atom. The van der Waals surface area contributed by atoms with Crippen LogP contribution in [0.25, 0.3) is 99.2 Å². The van der Waals surface area contributed by atoms with Crippen LogP contribution in [0.2, 0.25) is 0 Å². The lowest BCUT2D eigenvalue weighted by Gasteiger charge is -2.24. The van der Waals surface area contributed by atoms with Crippen LogP contribution < -0.4 is 0 Å². The summed E-state index contributed by atoms with van der Waals surface area (Å²) < 4.78 is 0. The van der Waals surface area contributed by atoms with Crippen LogP contribution in [0.4, 0.5) is 0 Å². The Kier molecular flexibility index (Phi) is 7.39. The Labute approximate surface area is 351 Å². The van der Waals surface area contributed by atoms with Crippen molar-refractivity contribution in [1.29, 1.82) is 0 Å². The van der Waals surface area contributed by atoms with Gasteiger partial charge in [-0.1, -0.05) is 191 Å². The van der Waals surface area contributed by atoms with Gasteiger partial charge in [-0.2, -0.15) is 0 Å². The van der Waals surface area contributed by atoms with Crippen LogP contribution in [0, 0.1) is 0 Å². The molecule has 0 radical (unpaired) electrons. The van der Waals surface area contributed by atoms with E-state index in [2.05, 4.69) is 216 Å². The molecule has 0 spiro atoms. The normalized spacial score (nSPS) is 14.3. The Morgan fingerprint density at radius 2 is 0.717 bits per heavy atom. The highest BCUT2D eigenvalue weighted by Crippen LogP contribution is 2.54. The average Bonchev–Trinajstić information content (AvgIpc) is 3.67. The Bertz CT molecular complexity index is 3430. The van der Waals surface area contributed by atoms with Gasteiger partial charge in [-0.15, -0.1) is 0 Å². The van der Waals surface area contributed by atoms with Crippen molar-refractivity contribution >= 4 is 32.4 Å². The van der Waals surface area contributed by atoms with Gasteiger partial charge in [0.2, 0.25) is 0 Å². The molecule has 0 aliphatic heterocycles. The van der Waals surface area contributed by atoms with Crippen molar-refractivity contribution < 1.29 is 0 Å². The maximum Gasteiger partial charge on any atom is 0.0708 e. The summed E-state index contributed by atoms with van der Waals surface area (Å²) in [5.41, 5.74) is 21.5. The van der Waals surface area contributed by atoms with E-state index >= 15 is 0 Å². The van der Waals surface area contributed by atoms with Crippen LogP contribution in [0.3, 0.4) is 0 Å². The molecule has 0 bridgehead atoms. The van der Waals surface area contributed by atoms with E-state index in [-0.39, 0.29) is 10.8 Å². The lowest BCUT2D eigenvalue weighted by molar-refractivity contribution is 0.660. The second kappa shape index (κ2) is 12.7. The summed E-state index contributed by atoms with van der Waals surface area (Å²) in [6, 6.07) is 67.8. The second-order valence-electron chi connectivity index (χ2n) is 17.8. The van der Waals surface area contributed by atoms with Gasteiger partial charge in [-0.05, 0) is 118 Å². The molecule has 0 fully saturated rings. The third-order valence-corrected chi connectivity index (χ3v) is 13.9. The number of rotatable bonds is 4. The molecule has 1 heterocycles. The molecule has 0 N–H and O–H groups in total. The van der Waals surface area contributed by atoms with Gasteiger partial charge in [0, 0.05) is 33.2 Å². The highest BCUT2D eigenvalue weighted by molar-refractivity contribution is 6.28. The molecule has 9 aromatic carbocycles. The van der Waals surface area contributed by atoms with Crippen LogP contribution in [-0.4, -0.2) is 4.98 Å². The van der Waals surface area contributed by atoms with E-state index in [1.54, 1.807) is 0 Å². The summed E-state index contributed by atoms with van der Waals surface area (Å²) in [6.07, 6.45) is 2.14. The molecule has 1 heteroatoms. The van der Waals surface area contributed by atoms with Crippen molar-refractivity contribution in [3.8, 4) is 66.8 Å². The molecule has 0 atom stereocenters. The lowest BCUT2D eigenvalue weighted by atomic mass is 9.79. The quantitative estimate of drug-likeness (QED) is 0.128. The van der Waals surface area contributed by atoms with Crippen LogP contribution in [0.5, 0.6) is 0 Å². The maximum absolute atomic E-state index is 5.18. The van der Waals surface area contributed by atoms with Gasteiger partial charge < -0.3 is 0 Å². The highest BCUT2D eigenvalue weighted by Gasteiger charge is 2.37. The van der Waals surface area contributed by atoms with Gasteiger partial charge in [0.1, 0.15) is 0 Å². The summed E-state index contributed by atoms with van der Waals surface area (Å²) in [5.74, 6) is 0. The van der Waals surface area contributed by atoms with Crippen molar-refractivity contribution in [2.75, 3.05) is 0 Å². The van der Waals surface area contributed by atoms with E-state index < -0.39 is 0 Å². The van der Waals surface area contributed by atoms with E-state index in [9.17, 15) is 0 Å². The molecule has 0 saturated carbocycles. The molecule has 12 rings (SSSR count). The molecule has 0 unspecified atom stereocenters. The number of benzene rings is 9. The molecule has 1 nitrogen and oxygen atoms in total. The summed E-state index contributed by atoms with van der Waals surface area (Å²) in [6.45, 7) is 9.47. The van der Waals surface area contributed by atoms with Crippen molar-refractivity contribution in [2.24, 2.45) is 0 Å². The fraction of sp³-hybridized carbons (Fsp3) is 0.102. The topological polar surface area (TPSA) is 12.9 Å². The predicted octanol–water partition coefficient (Wildman–Crippen LogP) is 15.8. The standard InChI is InChI=1S/C59H43N/c1-58(2)50-26-14-11-19-40(50)42-31-29-36(33-52(42)58)38-17-5-7-21-44(38)55-46-23-9-10-24-47(46)56(57-48-25-13-16-28-54(48)60-35-49(55)57)45-22-8-6-18-39(45)37-30-32-43-41-20-12-15-27-51(41)59(3,4)53(43)34-37/h5-35H,1-4H3. The molecule has 0 amide bonds. The largest absolute Gasteiger partial charge is 0.256 e. The zero-order valence-corrected chi connectivity index (χ0v) is 34.3. The number of hydrogen-bond donors (Lipinski definition) is 0. The van der Waals surface area contributed by atoms with E-state index in [1.165, 1.54) is 105 Å². The monoisotopic (exact) mass is 765 g/mol. The second-order valence-corrected chi connectivity index (χ2v) is 17.8. The number of hydrogen-bond acceptors (Lipinski definition) is 1. The number of para-hydroxylation sites is 1. The first kappa shape index (κ1) is 34.9. The minimum Gasteiger partial charge on any atom is -0.256 e. The van der Waals surface area contributed by atoms with Gasteiger partial charge in [-0.3, -0.25) is 4.98 Å². The van der Waals surface area contributed by atoms with Crippen molar-refractivity contribution in [2.45, 2.75) is 38.5 Å². The highest BCUT2D eigenvalue weighted by atomic mass is 14.7. The third kappa shape index (κ3) is 4.84. The number of pyridine rings is 1.